The molecule has 0 saturated carbocycles. The second-order valence-electron chi connectivity index (χ2n) is 7.58. The van der Waals surface area contributed by atoms with E-state index in [-0.39, 0.29) is 5.56 Å². The van der Waals surface area contributed by atoms with Gasteiger partial charge < -0.3 is 23.9 Å². The van der Waals surface area contributed by atoms with Crippen LogP contribution in [0.4, 0.5) is 0 Å². The van der Waals surface area contributed by atoms with Crippen LogP contribution in [0.25, 0.3) is 28.9 Å². The van der Waals surface area contributed by atoms with Crippen LogP contribution in [0.2, 0.25) is 0 Å². The first kappa shape index (κ1) is 22.0. The Balaban J connectivity index is 1.88. The van der Waals surface area contributed by atoms with Crippen LogP contribution in [0.1, 0.15) is 44.3 Å². The lowest BCUT2D eigenvalue weighted by Crippen LogP contribution is -2.44. The summed E-state index contributed by atoms with van der Waals surface area (Å²) in [6, 6.07) is 3.84. The van der Waals surface area contributed by atoms with Gasteiger partial charge >= 0.3 is 11.9 Å². The first-order valence-corrected chi connectivity index (χ1v) is 10.3. The van der Waals surface area contributed by atoms with Crippen molar-refractivity contribution in [2.45, 2.75) is 20.0 Å². The number of carboxylic acid groups (broad SMARTS) is 1. The quantitative estimate of drug-likeness (QED) is 0.423. The van der Waals surface area contributed by atoms with Crippen LogP contribution >= 0.6 is 0 Å². The minimum atomic E-state index is -1.28. The van der Waals surface area contributed by atoms with Gasteiger partial charge in [-0.15, -0.1) is 0 Å². The summed E-state index contributed by atoms with van der Waals surface area (Å²) >= 11 is 0. The minimum Gasteiger partial charge on any atom is -0.544 e. The highest BCUT2D eigenvalue weighted by molar-refractivity contribution is 6.06. The standard InChI is InChI=1S/C25H22N2O6/c1-4-26-10-17-6-5-16(23(17)21(13-26)25(31)33-3)9-15-7-8-18-19(15)11-27(14-22(28)29)12-20(18)24(30)32-2/h5-13H,4,14H2,1-3H3. The number of methoxy groups -OCH3 is 2. The van der Waals surface area contributed by atoms with Gasteiger partial charge in [-0.1, -0.05) is 24.3 Å². The van der Waals surface area contributed by atoms with E-state index in [0.717, 1.165) is 22.3 Å². The van der Waals surface area contributed by atoms with Gasteiger partial charge in [-0.2, -0.15) is 4.57 Å². The van der Waals surface area contributed by atoms with E-state index in [1.54, 1.807) is 18.5 Å². The molecule has 0 bridgehead atoms. The number of aromatic nitrogens is 2. The molecular formula is C25H22N2O6. The van der Waals surface area contributed by atoms with Gasteiger partial charge in [0.2, 0.25) is 0 Å². The molecule has 2 aliphatic carbocycles. The number of rotatable bonds is 6. The number of carbonyl (C=O) groups excluding carboxylic acids is 3. The Labute approximate surface area is 190 Å². The predicted molar refractivity (Wildman–Crippen MR) is 118 cm³/mol. The van der Waals surface area contributed by atoms with Gasteiger partial charge in [0.25, 0.3) is 0 Å². The number of fused-ring (bicyclic) bond motifs is 2. The molecule has 8 nitrogen and oxygen atoms in total. The lowest BCUT2D eigenvalue weighted by atomic mass is 9.98. The summed E-state index contributed by atoms with van der Waals surface area (Å²) in [4.78, 5) is 36.0. The molecule has 2 heterocycles. The molecule has 0 saturated heterocycles. The van der Waals surface area contributed by atoms with Crippen LogP contribution in [0, 0.1) is 0 Å². The molecule has 1 aliphatic heterocycles. The predicted octanol–water partition coefficient (Wildman–Crippen LogP) is 1.79. The summed E-state index contributed by atoms with van der Waals surface area (Å²) in [5, 5.41) is 11.2. The highest BCUT2D eigenvalue weighted by Gasteiger charge is 2.26. The maximum atomic E-state index is 12.5. The van der Waals surface area contributed by atoms with Crippen LogP contribution in [0.3, 0.4) is 0 Å². The zero-order valence-electron chi connectivity index (χ0n) is 18.5. The van der Waals surface area contributed by atoms with Crippen LogP contribution < -0.4 is 9.67 Å². The largest absolute Gasteiger partial charge is 0.544 e. The lowest BCUT2D eigenvalue weighted by Gasteiger charge is -2.13. The van der Waals surface area contributed by atoms with E-state index in [0.29, 0.717) is 23.2 Å². The third-order valence-electron chi connectivity index (χ3n) is 5.60. The summed E-state index contributed by atoms with van der Waals surface area (Å²) in [6.07, 6.45) is 12.3. The Kier molecular flexibility index (Phi) is 5.83. The number of allylic oxidation sites excluding steroid dienone is 2. The second-order valence-corrected chi connectivity index (χ2v) is 7.58. The topological polar surface area (TPSA) is 102 Å². The number of esters is 2. The monoisotopic (exact) mass is 446 g/mol. The minimum absolute atomic E-state index is 0.252. The maximum Gasteiger partial charge on any atom is 0.344 e. The average molecular weight is 446 g/mol. The molecule has 0 N–H and O–H groups in total. The van der Waals surface area contributed by atoms with Crippen molar-refractivity contribution in [3.05, 3.63) is 70.8 Å². The molecule has 168 valence electrons. The van der Waals surface area contributed by atoms with E-state index < -0.39 is 24.5 Å². The van der Waals surface area contributed by atoms with Crippen molar-refractivity contribution in [1.29, 1.82) is 0 Å². The Morgan fingerprint density at radius 1 is 1.03 bits per heavy atom. The van der Waals surface area contributed by atoms with Crippen molar-refractivity contribution < 1.29 is 33.5 Å². The molecule has 1 aromatic heterocycles. The molecule has 0 amide bonds. The van der Waals surface area contributed by atoms with Gasteiger partial charge in [0.15, 0.2) is 18.9 Å². The zero-order chi connectivity index (χ0) is 23.7. The molecule has 0 atom stereocenters. The molecule has 1 aromatic rings. The normalized spacial score (nSPS) is 13.4. The molecule has 0 fully saturated rings. The van der Waals surface area contributed by atoms with Crippen molar-refractivity contribution in [3.63, 3.8) is 0 Å². The molecule has 33 heavy (non-hydrogen) atoms. The van der Waals surface area contributed by atoms with Crippen LogP contribution in [0.5, 0.6) is 0 Å². The number of nitrogens with zero attached hydrogens (tertiary/aromatic N) is 2. The van der Waals surface area contributed by atoms with Crippen molar-refractivity contribution in [2.24, 2.45) is 0 Å². The summed E-state index contributed by atoms with van der Waals surface area (Å²) in [5.74, 6) is -2.28. The number of ether oxygens (including phenoxy) is 2. The van der Waals surface area contributed by atoms with Crippen LogP contribution in [0.15, 0.2) is 43.0 Å². The molecule has 0 aromatic carbocycles. The number of hydrogen-bond donors (Lipinski definition) is 0. The molecule has 8 heteroatoms. The Bertz CT molecular complexity index is 1310. The highest BCUT2D eigenvalue weighted by atomic mass is 16.5. The van der Waals surface area contributed by atoms with Gasteiger partial charge in [0.1, 0.15) is 11.5 Å². The van der Waals surface area contributed by atoms with Crippen molar-refractivity contribution in [1.82, 2.24) is 4.57 Å². The Hall–Kier alpha value is -4.20. The van der Waals surface area contributed by atoms with Gasteiger partial charge in [0, 0.05) is 30.1 Å². The highest BCUT2D eigenvalue weighted by Crippen LogP contribution is 2.37. The van der Waals surface area contributed by atoms with Crippen LogP contribution in [-0.4, -0.2) is 36.7 Å². The van der Waals surface area contributed by atoms with Gasteiger partial charge in [-0.05, 0) is 29.7 Å². The fourth-order valence-corrected chi connectivity index (χ4v) is 4.08. The number of carboxylic acids is 1. The van der Waals surface area contributed by atoms with E-state index in [1.807, 2.05) is 42.0 Å². The van der Waals surface area contributed by atoms with Crippen molar-refractivity contribution in [2.75, 3.05) is 14.2 Å². The molecular weight excluding hydrogens is 424 g/mol. The summed E-state index contributed by atoms with van der Waals surface area (Å²) in [7, 11) is 2.62. The van der Waals surface area contributed by atoms with E-state index in [4.69, 9.17) is 9.47 Å². The third-order valence-corrected chi connectivity index (χ3v) is 5.60. The average Bonchev–Trinajstić information content (AvgIpc) is 3.40. The third kappa shape index (κ3) is 4.03. The van der Waals surface area contributed by atoms with Crippen molar-refractivity contribution in [3.8, 4) is 11.1 Å². The maximum absolute atomic E-state index is 12.5. The summed E-state index contributed by atoms with van der Waals surface area (Å²) in [6.45, 7) is 2.28. The number of aliphatic carboxylic acids is 1. The van der Waals surface area contributed by atoms with Crippen LogP contribution in [-0.2, 0) is 27.4 Å². The first-order chi connectivity index (χ1) is 15.9. The van der Waals surface area contributed by atoms with Gasteiger partial charge in [0.05, 0.1) is 25.3 Å². The van der Waals surface area contributed by atoms with E-state index >= 15 is 0 Å². The first-order valence-electron chi connectivity index (χ1n) is 10.3. The number of hydrogen-bond acceptors (Lipinski definition) is 6. The molecule has 0 radical (unpaired) electrons. The van der Waals surface area contributed by atoms with Gasteiger partial charge in [-0.3, -0.25) is 0 Å². The summed E-state index contributed by atoms with van der Waals surface area (Å²) in [5.41, 5.74) is 5.23. The van der Waals surface area contributed by atoms with E-state index in [1.165, 1.54) is 25.0 Å². The summed E-state index contributed by atoms with van der Waals surface area (Å²) < 4.78 is 13.2. The molecule has 3 aliphatic rings. The SMILES string of the molecule is CCn1cc2ccc(/C=C3/C=Cc4c(C(=O)OC)c[n+](CC(=O)[O-])cc43)c-2c(C(=O)OC)c1. The number of carbonyl (C=O) groups is 3. The Morgan fingerprint density at radius 3 is 2.42 bits per heavy atom. The Morgan fingerprint density at radius 2 is 1.76 bits per heavy atom. The second kappa shape index (κ2) is 8.74. The number of aryl methyl sites for hydroxylation is 1. The van der Waals surface area contributed by atoms with Crippen molar-refractivity contribution >= 4 is 35.6 Å². The smallest absolute Gasteiger partial charge is 0.344 e. The fraction of sp³-hybridized carbons (Fsp3) is 0.200. The molecule has 4 rings (SSSR count). The molecule has 0 spiro atoms. The number of pyridine rings is 2. The van der Waals surface area contributed by atoms with Gasteiger partial charge in [-0.25, -0.2) is 9.59 Å². The zero-order valence-corrected chi connectivity index (χ0v) is 18.5. The lowest BCUT2D eigenvalue weighted by molar-refractivity contribution is -0.691. The van der Waals surface area contributed by atoms with E-state index in [9.17, 15) is 19.5 Å². The van der Waals surface area contributed by atoms with E-state index in [2.05, 4.69) is 0 Å². The fourth-order valence-electron chi connectivity index (χ4n) is 4.08. The molecule has 0 unspecified atom stereocenters.